The average Bonchev–Trinajstić information content (AvgIpc) is 2.24. The molecule has 0 bridgehead atoms. The van der Waals surface area contributed by atoms with Crippen LogP contribution in [0.3, 0.4) is 0 Å². The highest BCUT2D eigenvalue weighted by atomic mass is 32.2. The molecule has 0 saturated heterocycles. The van der Waals surface area contributed by atoms with Crippen LogP contribution in [0.5, 0.6) is 0 Å². The van der Waals surface area contributed by atoms with Crippen LogP contribution in [0.1, 0.15) is 11.1 Å². The maximum absolute atomic E-state index is 11.8. The average molecular weight is 273 g/mol. The van der Waals surface area contributed by atoms with Crippen molar-refractivity contribution < 1.29 is 8.42 Å². The first-order valence-electron chi connectivity index (χ1n) is 5.57. The first-order chi connectivity index (χ1) is 8.24. The van der Waals surface area contributed by atoms with E-state index in [0.717, 1.165) is 9.87 Å². The van der Waals surface area contributed by atoms with Gasteiger partial charge >= 0.3 is 0 Å². The molecule has 6 nitrogen and oxygen atoms in total. The number of nitrogens with zero attached hydrogens (tertiary/aromatic N) is 2. The first kappa shape index (κ1) is 14.9. The topological polar surface area (TPSA) is 71.4 Å². The molecule has 0 spiro atoms. The van der Waals surface area contributed by atoms with Gasteiger partial charge in [0.1, 0.15) is 0 Å². The van der Waals surface area contributed by atoms with E-state index in [9.17, 15) is 13.2 Å². The lowest BCUT2D eigenvalue weighted by atomic mass is 10.1. The number of nitrogens with one attached hydrogen (secondary N) is 1. The predicted molar refractivity (Wildman–Crippen MR) is 70.7 cm³/mol. The zero-order valence-corrected chi connectivity index (χ0v) is 11.9. The Hall–Kier alpha value is -1.18. The number of rotatable bonds is 5. The van der Waals surface area contributed by atoms with Crippen LogP contribution in [0.25, 0.3) is 0 Å². The highest BCUT2D eigenvalue weighted by molar-refractivity contribution is 7.87. The van der Waals surface area contributed by atoms with Gasteiger partial charge in [0.05, 0.1) is 0 Å². The van der Waals surface area contributed by atoms with Gasteiger partial charge in [-0.15, -0.1) is 0 Å². The quantitative estimate of drug-likeness (QED) is 0.796. The molecule has 1 aromatic heterocycles. The number of aromatic nitrogens is 1. The normalized spacial score (nSPS) is 12.1. The third-order valence-corrected chi connectivity index (χ3v) is 4.08. The molecule has 0 aromatic carbocycles. The van der Waals surface area contributed by atoms with Crippen LogP contribution in [0.2, 0.25) is 0 Å². The van der Waals surface area contributed by atoms with Crippen LogP contribution in [-0.4, -0.2) is 37.9 Å². The molecule has 0 amide bonds. The van der Waals surface area contributed by atoms with Gasteiger partial charge < -0.3 is 4.57 Å². The Morgan fingerprint density at radius 3 is 2.56 bits per heavy atom. The Morgan fingerprint density at radius 1 is 1.39 bits per heavy atom. The van der Waals surface area contributed by atoms with Crippen LogP contribution in [0.15, 0.2) is 17.1 Å². The van der Waals surface area contributed by atoms with Gasteiger partial charge in [-0.05, 0) is 25.0 Å². The lowest BCUT2D eigenvalue weighted by Gasteiger charge is -2.12. The van der Waals surface area contributed by atoms with E-state index < -0.39 is 10.2 Å². The Labute approximate surface area is 107 Å². The third-order valence-electron chi connectivity index (χ3n) is 2.55. The summed E-state index contributed by atoms with van der Waals surface area (Å²) in [6.07, 6.45) is 2.12. The van der Waals surface area contributed by atoms with Crippen LogP contribution in [0, 0.1) is 6.92 Å². The summed E-state index contributed by atoms with van der Waals surface area (Å²) in [5.41, 5.74) is 1.49. The number of pyridine rings is 1. The maximum Gasteiger partial charge on any atom is 0.278 e. The minimum Gasteiger partial charge on any atom is -0.318 e. The van der Waals surface area contributed by atoms with Crippen molar-refractivity contribution in [2.45, 2.75) is 13.3 Å². The van der Waals surface area contributed by atoms with E-state index in [1.54, 1.807) is 19.3 Å². The fraction of sp³-hybridized carbons (Fsp3) is 0.545. The fourth-order valence-electron chi connectivity index (χ4n) is 1.59. The molecule has 1 N–H and O–H groups in total. The summed E-state index contributed by atoms with van der Waals surface area (Å²) in [5, 5.41) is 0. The number of aryl methyl sites for hydroxylation is 2. The molecule has 0 atom stereocenters. The van der Waals surface area contributed by atoms with Crippen molar-refractivity contribution >= 4 is 10.2 Å². The summed E-state index contributed by atoms with van der Waals surface area (Å²) in [7, 11) is 1.16. The largest absolute Gasteiger partial charge is 0.318 e. The molecule has 18 heavy (non-hydrogen) atoms. The van der Waals surface area contributed by atoms with Gasteiger partial charge in [-0.1, -0.05) is 0 Å². The summed E-state index contributed by atoms with van der Waals surface area (Å²) >= 11 is 0. The minimum absolute atomic E-state index is 0.0929. The zero-order chi connectivity index (χ0) is 13.9. The summed E-state index contributed by atoms with van der Waals surface area (Å²) < 4.78 is 28.0. The summed E-state index contributed by atoms with van der Waals surface area (Å²) in [4.78, 5) is 11.8. The second kappa shape index (κ2) is 5.64. The van der Waals surface area contributed by atoms with Gasteiger partial charge in [0.25, 0.3) is 15.8 Å². The second-order valence-corrected chi connectivity index (χ2v) is 6.36. The molecule has 0 fully saturated rings. The van der Waals surface area contributed by atoms with E-state index >= 15 is 0 Å². The van der Waals surface area contributed by atoms with Crippen molar-refractivity contribution in [2.24, 2.45) is 7.05 Å². The molecule has 0 aliphatic carbocycles. The minimum atomic E-state index is -3.43. The molecule has 1 heterocycles. The van der Waals surface area contributed by atoms with Crippen molar-refractivity contribution in [1.29, 1.82) is 0 Å². The molecule has 1 rings (SSSR count). The predicted octanol–water partition coefficient (Wildman–Crippen LogP) is -0.368. The molecule has 1 aromatic rings. The van der Waals surface area contributed by atoms with E-state index in [1.807, 2.05) is 6.92 Å². The van der Waals surface area contributed by atoms with Gasteiger partial charge in [-0.3, -0.25) is 4.79 Å². The van der Waals surface area contributed by atoms with Crippen LogP contribution in [0.4, 0.5) is 0 Å². The standard InChI is InChI=1S/C11H19N3O3S/c1-9-7-10(11(15)14(4)8-9)5-6-12-18(16,17)13(2)3/h7-8,12H,5-6H2,1-4H3. The van der Waals surface area contributed by atoms with Gasteiger partial charge in [0, 0.05) is 39.4 Å². The van der Waals surface area contributed by atoms with Crippen molar-refractivity contribution in [2.75, 3.05) is 20.6 Å². The zero-order valence-electron chi connectivity index (χ0n) is 11.1. The molecule has 0 aliphatic rings. The second-order valence-electron chi connectivity index (χ2n) is 4.39. The number of hydrogen-bond donors (Lipinski definition) is 1. The van der Waals surface area contributed by atoms with Crippen LogP contribution < -0.4 is 10.3 Å². The van der Waals surface area contributed by atoms with Crippen molar-refractivity contribution in [3.05, 3.63) is 33.7 Å². The van der Waals surface area contributed by atoms with Crippen molar-refractivity contribution in [3.8, 4) is 0 Å². The maximum atomic E-state index is 11.8. The van der Waals surface area contributed by atoms with E-state index in [2.05, 4.69) is 4.72 Å². The monoisotopic (exact) mass is 273 g/mol. The molecule has 0 aliphatic heterocycles. The van der Waals surface area contributed by atoms with E-state index in [0.29, 0.717) is 12.0 Å². The first-order valence-corrected chi connectivity index (χ1v) is 7.01. The van der Waals surface area contributed by atoms with Gasteiger partial charge in [-0.2, -0.15) is 12.7 Å². The molecule has 0 radical (unpaired) electrons. The Morgan fingerprint density at radius 2 is 2.00 bits per heavy atom. The molecule has 0 saturated carbocycles. The molecular formula is C11H19N3O3S. The smallest absolute Gasteiger partial charge is 0.278 e. The summed E-state index contributed by atoms with van der Waals surface area (Å²) in [6.45, 7) is 2.10. The van der Waals surface area contributed by atoms with E-state index in [-0.39, 0.29) is 12.1 Å². The lowest BCUT2D eigenvalue weighted by molar-refractivity contribution is 0.506. The Kier molecular flexibility index (Phi) is 4.66. The molecule has 7 heteroatoms. The highest BCUT2D eigenvalue weighted by Crippen LogP contribution is 1.99. The van der Waals surface area contributed by atoms with Gasteiger partial charge in [0.15, 0.2) is 0 Å². The summed E-state index contributed by atoms with van der Waals surface area (Å²) in [5.74, 6) is 0. The van der Waals surface area contributed by atoms with Crippen molar-refractivity contribution in [3.63, 3.8) is 0 Å². The lowest BCUT2D eigenvalue weighted by Crippen LogP contribution is -2.37. The van der Waals surface area contributed by atoms with Crippen LogP contribution in [-0.2, 0) is 23.7 Å². The molecular weight excluding hydrogens is 254 g/mol. The Balaban J connectivity index is 2.74. The van der Waals surface area contributed by atoms with Gasteiger partial charge in [-0.25, -0.2) is 4.72 Å². The SMILES string of the molecule is Cc1cc(CCNS(=O)(=O)N(C)C)c(=O)n(C)c1. The molecule has 0 unspecified atom stereocenters. The van der Waals surface area contributed by atoms with E-state index in [1.165, 1.54) is 18.7 Å². The number of hydrogen-bond acceptors (Lipinski definition) is 3. The molecule has 102 valence electrons. The third kappa shape index (κ3) is 3.66. The highest BCUT2D eigenvalue weighted by Gasteiger charge is 2.12. The van der Waals surface area contributed by atoms with Crippen molar-refractivity contribution in [1.82, 2.24) is 13.6 Å². The van der Waals surface area contributed by atoms with Crippen LogP contribution >= 0.6 is 0 Å². The van der Waals surface area contributed by atoms with E-state index in [4.69, 9.17) is 0 Å². The Bertz CT molecular complexity index is 576. The fourth-order valence-corrected chi connectivity index (χ4v) is 2.21. The van der Waals surface area contributed by atoms with Gasteiger partial charge in [0.2, 0.25) is 0 Å². The summed E-state index contributed by atoms with van der Waals surface area (Å²) in [6, 6.07) is 1.78.